The van der Waals surface area contributed by atoms with E-state index in [1.807, 2.05) is 0 Å². The fraction of sp³-hybridized carbons (Fsp3) is 0.935. The normalized spacial score (nSPS) is 49.2. The van der Waals surface area contributed by atoms with Crippen LogP contribution in [0.1, 0.15) is 92.4 Å². The molecule has 9 nitrogen and oxygen atoms in total. The van der Waals surface area contributed by atoms with E-state index in [0.29, 0.717) is 29.6 Å². The lowest BCUT2D eigenvalue weighted by Gasteiger charge is -2.61. The quantitative estimate of drug-likeness (QED) is 0.327. The number of hydrogen-bond donors (Lipinski definition) is 3. The van der Waals surface area contributed by atoms with Gasteiger partial charge < -0.3 is 34.3 Å². The largest absolute Gasteiger partial charge is 0.464 e. The highest BCUT2D eigenvalue weighted by molar-refractivity contribution is 5.75. The third-order valence-corrected chi connectivity index (χ3v) is 12.0. The van der Waals surface area contributed by atoms with Crippen LogP contribution in [0, 0.1) is 40.4 Å². The van der Waals surface area contributed by atoms with Gasteiger partial charge in [0.1, 0.15) is 24.4 Å². The van der Waals surface area contributed by atoms with Crippen LogP contribution < -0.4 is 0 Å². The highest BCUT2D eigenvalue weighted by Crippen LogP contribution is 2.68. The lowest BCUT2D eigenvalue weighted by molar-refractivity contribution is -0.310. The summed E-state index contributed by atoms with van der Waals surface area (Å²) >= 11 is 0. The van der Waals surface area contributed by atoms with Crippen molar-refractivity contribution in [3.63, 3.8) is 0 Å². The zero-order valence-corrected chi connectivity index (χ0v) is 24.8. The molecule has 1 aliphatic heterocycles. The Hall–Kier alpha value is -1.26. The zero-order chi connectivity index (χ0) is 29.0. The molecular formula is C31H50O9. The van der Waals surface area contributed by atoms with Crippen LogP contribution in [0.3, 0.4) is 0 Å². The van der Waals surface area contributed by atoms with Crippen LogP contribution in [0.2, 0.25) is 0 Å². The Morgan fingerprint density at radius 3 is 2.33 bits per heavy atom. The van der Waals surface area contributed by atoms with Crippen molar-refractivity contribution in [2.45, 2.75) is 135 Å². The van der Waals surface area contributed by atoms with Gasteiger partial charge in [0, 0.05) is 12.8 Å². The van der Waals surface area contributed by atoms with Crippen molar-refractivity contribution < 1.29 is 43.9 Å². The van der Waals surface area contributed by atoms with Crippen LogP contribution in [0.25, 0.3) is 0 Å². The van der Waals surface area contributed by atoms with E-state index in [9.17, 15) is 24.9 Å². The number of carbonyl (C=O) groups is 2. The van der Waals surface area contributed by atoms with Crippen molar-refractivity contribution in [1.82, 2.24) is 0 Å². The summed E-state index contributed by atoms with van der Waals surface area (Å²) in [6.07, 6.45) is 2.35. The molecule has 0 aromatic rings. The third kappa shape index (κ3) is 5.12. The number of rotatable bonds is 6. The average Bonchev–Trinajstić information content (AvgIpc) is 3.26. The Balaban J connectivity index is 1.24. The van der Waals surface area contributed by atoms with Gasteiger partial charge in [-0.05, 0) is 106 Å². The van der Waals surface area contributed by atoms with Crippen LogP contribution in [0.5, 0.6) is 0 Å². The lowest BCUT2D eigenvalue weighted by atomic mass is 9.44. The molecule has 0 spiro atoms. The molecule has 14 atom stereocenters. The Labute approximate surface area is 238 Å². The van der Waals surface area contributed by atoms with Crippen LogP contribution >= 0.6 is 0 Å². The molecule has 5 rings (SSSR count). The summed E-state index contributed by atoms with van der Waals surface area (Å²) in [7, 11) is 0. The van der Waals surface area contributed by atoms with Gasteiger partial charge in [0.15, 0.2) is 12.4 Å². The molecule has 5 fully saturated rings. The van der Waals surface area contributed by atoms with Gasteiger partial charge in [-0.25, -0.2) is 4.79 Å². The summed E-state index contributed by atoms with van der Waals surface area (Å²) in [6.45, 7) is 10.3. The highest BCUT2D eigenvalue weighted by atomic mass is 16.7. The van der Waals surface area contributed by atoms with Crippen LogP contribution in [0.15, 0.2) is 0 Å². The SMILES string of the molecule is CCOC(=O)[C@H]1O[C@@H](O[C@@H]2CC[C@@]3(C)[C@H](CC[C@@H]4[C@@H]3CC[C@]3(C)[C@@H]([C@H](C)OC(C)=O)CC[C@@H]43)C2)[C@H](O)[C@@H](O)[C@@H]1O. The fourth-order valence-electron chi connectivity index (χ4n) is 10.1. The predicted octanol–water partition coefficient (Wildman–Crippen LogP) is 3.35. The topological polar surface area (TPSA) is 132 Å². The number of aliphatic hydroxyl groups is 3. The van der Waals surface area contributed by atoms with Gasteiger partial charge in [-0.15, -0.1) is 0 Å². The second kappa shape index (κ2) is 11.4. The van der Waals surface area contributed by atoms with Crippen molar-refractivity contribution in [3.8, 4) is 0 Å². The molecule has 9 heteroatoms. The number of hydrogen-bond acceptors (Lipinski definition) is 9. The second-order valence-corrected chi connectivity index (χ2v) is 13.9. The molecule has 0 aromatic carbocycles. The molecular weight excluding hydrogens is 516 g/mol. The van der Waals surface area contributed by atoms with Crippen LogP contribution in [-0.2, 0) is 28.5 Å². The van der Waals surface area contributed by atoms with Crippen molar-refractivity contribution >= 4 is 11.9 Å². The van der Waals surface area contributed by atoms with Gasteiger partial charge in [0.2, 0.25) is 0 Å². The molecule has 1 saturated heterocycles. The predicted molar refractivity (Wildman–Crippen MR) is 145 cm³/mol. The molecule has 5 aliphatic rings. The first-order chi connectivity index (χ1) is 18.9. The van der Waals surface area contributed by atoms with Gasteiger partial charge in [0.05, 0.1) is 12.7 Å². The van der Waals surface area contributed by atoms with Crippen molar-refractivity contribution in [2.75, 3.05) is 6.61 Å². The molecule has 0 unspecified atom stereocenters. The van der Waals surface area contributed by atoms with Crippen LogP contribution in [0.4, 0.5) is 0 Å². The standard InChI is InChI=1S/C31H50O9/c1-6-37-28(36)27-25(34)24(33)26(35)29(40-27)39-19-11-13-30(4)18(15-19)7-8-20-22-10-9-21(16(2)38-17(3)32)31(22,5)14-12-23(20)30/h16,18-27,29,33-35H,6-15H2,1-5H3/t16-,18+,19+,20-,21+,22-,23-,24-,25-,26+,27-,29+,30-,31+/m0/s1. The number of carbonyl (C=O) groups excluding carboxylic acids is 2. The second-order valence-electron chi connectivity index (χ2n) is 13.9. The van der Waals surface area contributed by atoms with E-state index < -0.39 is 36.7 Å². The molecule has 0 bridgehead atoms. The zero-order valence-electron chi connectivity index (χ0n) is 24.8. The Bertz CT molecular complexity index is 942. The lowest BCUT2D eigenvalue weighted by Crippen LogP contribution is -2.61. The summed E-state index contributed by atoms with van der Waals surface area (Å²) in [5.41, 5.74) is 0.438. The maximum atomic E-state index is 12.3. The summed E-state index contributed by atoms with van der Waals surface area (Å²) in [6, 6.07) is 0. The summed E-state index contributed by atoms with van der Waals surface area (Å²) in [5, 5.41) is 31.3. The van der Waals surface area contributed by atoms with E-state index in [4.69, 9.17) is 18.9 Å². The minimum atomic E-state index is -1.58. The van der Waals surface area contributed by atoms with Gasteiger partial charge in [-0.2, -0.15) is 0 Å². The molecule has 228 valence electrons. The Morgan fingerprint density at radius 2 is 1.62 bits per heavy atom. The minimum Gasteiger partial charge on any atom is -0.464 e. The number of esters is 2. The van der Waals surface area contributed by atoms with Gasteiger partial charge >= 0.3 is 11.9 Å². The van der Waals surface area contributed by atoms with Gasteiger partial charge in [-0.3, -0.25) is 4.79 Å². The summed E-state index contributed by atoms with van der Waals surface area (Å²) in [4.78, 5) is 24.0. The third-order valence-electron chi connectivity index (χ3n) is 12.0. The summed E-state index contributed by atoms with van der Waals surface area (Å²) in [5.74, 6) is 1.97. The van der Waals surface area contributed by atoms with Gasteiger partial charge in [0.25, 0.3) is 0 Å². The molecule has 3 N–H and O–H groups in total. The molecule has 0 amide bonds. The molecule has 1 heterocycles. The van der Waals surface area contributed by atoms with E-state index in [1.54, 1.807) is 6.92 Å². The minimum absolute atomic E-state index is 0.0380. The maximum absolute atomic E-state index is 12.3. The smallest absolute Gasteiger partial charge is 0.338 e. The first-order valence-electron chi connectivity index (χ1n) is 15.6. The van der Waals surface area contributed by atoms with Gasteiger partial charge in [-0.1, -0.05) is 13.8 Å². The van der Waals surface area contributed by atoms with Crippen molar-refractivity contribution in [1.29, 1.82) is 0 Å². The highest BCUT2D eigenvalue weighted by Gasteiger charge is 2.61. The Morgan fingerprint density at radius 1 is 0.925 bits per heavy atom. The monoisotopic (exact) mass is 566 g/mol. The molecule has 40 heavy (non-hydrogen) atoms. The number of ether oxygens (including phenoxy) is 4. The molecule has 4 aliphatic carbocycles. The van der Waals surface area contributed by atoms with E-state index in [-0.39, 0.29) is 35.6 Å². The van der Waals surface area contributed by atoms with E-state index in [0.717, 1.165) is 32.1 Å². The van der Waals surface area contributed by atoms with E-state index >= 15 is 0 Å². The number of aliphatic hydroxyl groups excluding tert-OH is 3. The molecule has 4 saturated carbocycles. The van der Waals surface area contributed by atoms with Crippen LogP contribution in [-0.4, -0.2) is 76.8 Å². The molecule has 0 aromatic heterocycles. The fourth-order valence-corrected chi connectivity index (χ4v) is 10.1. The average molecular weight is 567 g/mol. The first-order valence-corrected chi connectivity index (χ1v) is 15.6. The van der Waals surface area contributed by atoms with E-state index in [1.165, 1.54) is 32.6 Å². The van der Waals surface area contributed by atoms with Crippen molar-refractivity contribution in [2.24, 2.45) is 40.4 Å². The Kier molecular flexibility index (Phi) is 8.64. The molecule has 0 radical (unpaired) electrons. The maximum Gasteiger partial charge on any atom is 0.338 e. The number of fused-ring (bicyclic) bond motifs is 5. The summed E-state index contributed by atoms with van der Waals surface area (Å²) < 4.78 is 22.6. The first kappa shape index (κ1) is 30.2. The van der Waals surface area contributed by atoms with E-state index in [2.05, 4.69) is 20.8 Å². The van der Waals surface area contributed by atoms with Crippen molar-refractivity contribution in [3.05, 3.63) is 0 Å².